The lowest BCUT2D eigenvalue weighted by Crippen LogP contribution is -2.24. The molecule has 0 radical (unpaired) electrons. The molecule has 8 heteroatoms. The van der Waals surface area contributed by atoms with Gasteiger partial charge in [-0.3, -0.25) is 19.2 Å². The normalized spacial score (nSPS) is 13.7. The molecule has 2 heterocycles. The minimum atomic E-state index is -0.567. The average Bonchev–Trinajstić information content (AvgIpc) is 4.27. The Labute approximate surface area is 460 Å². The molecule has 0 saturated heterocycles. The Morgan fingerprint density at radius 3 is 1.01 bits per heavy atom. The Hall–Kier alpha value is -10.2. The molecule has 13 aromatic rings. The van der Waals surface area contributed by atoms with Crippen LogP contribution in [0.3, 0.4) is 0 Å². The van der Waals surface area contributed by atoms with Gasteiger partial charge in [0.25, 0.3) is 22.2 Å². The zero-order chi connectivity index (χ0) is 54.3. The highest BCUT2D eigenvalue weighted by molar-refractivity contribution is 6.02. The van der Waals surface area contributed by atoms with Crippen LogP contribution in [0.4, 0.5) is 34.1 Å². The smallest absolute Gasteiger partial charge is 0.266 e. The number of nitrogens with zero attached hydrogens (tertiary/aromatic N) is 4. The molecule has 0 saturated carbocycles. The van der Waals surface area contributed by atoms with Gasteiger partial charge in [0.1, 0.15) is 0 Å². The van der Waals surface area contributed by atoms with Crippen molar-refractivity contribution in [2.45, 2.75) is 38.5 Å². The fourth-order valence-electron chi connectivity index (χ4n) is 13.3. The predicted molar refractivity (Wildman–Crippen MR) is 327 cm³/mol. The number of aromatic nitrogens is 2. The number of benzene rings is 11. The third-order valence-electron chi connectivity index (χ3n) is 17.3. The van der Waals surface area contributed by atoms with Crippen LogP contribution in [0.15, 0.2) is 250 Å². The standard InChI is InChI=1S/C72H50N4O4/c1-71(2)61-23-11-9-21-53(61)55-37-35-49(39-63(55)71)73(65-25-13-17-43-15-5-7-19-51(43)65)45-27-31-47(32-28-45)75-67(77)57-41-59-60(42-58(57)68(75)78)70(80)76(69(59)79)48-33-29-46(30-34-48)74(66-26-14-18-44-16-6-8-20-52(44)66)50-36-38-56-54-22-10-12-24-62(54)72(3,4)64(56)40-50/h5-42H,1-4H3. The molecule has 2 aliphatic rings. The van der Waals surface area contributed by atoms with E-state index in [1.54, 1.807) is 24.3 Å². The lowest BCUT2D eigenvalue weighted by atomic mass is 9.82. The molecule has 80 heavy (non-hydrogen) atoms. The van der Waals surface area contributed by atoms with Crippen molar-refractivity contribution in [1.82, 2.24) is 9.13 Å². The van der Waals surface area contributed by atoms with Gasteiger partial charge in [0, 0.05) is 44.4 Å². The molecule has 382 valence electrons. The minimum Gasteiger partial charge on any atom is -0.310 e. The largest absolute Gasteiger partial charge is 0.310 e. The molecule has 0 atom stereocenters. The number of fused-ring (bicyclic) bond motifs is 10. The van der Waals surface area contributed by atoms with Crippen LogP contribution in [0.1, 0.15) is 49.9 Å². The van der Waals surface area contributed by atoms with Gasteiger partial charge in [-0.2, -0.15) is 0 Å². The van der Waals surface area contributed by atoms with Crippen molar-refractivity contribution in [2.75, 3.05) is 9.80 Å². The predicted octanol–water partition coefficient (Wildman–Crippen LogP) is 15.7. The Kier molecular flexibility index (Phi) is 10.1. The molecule has 0 spiro atoms. The van der Waals surface area contributed by atoms with Crippen molar-refractivity contribution in [3.05, 3.63) is 294 Å². The minimum absolute atomic E-state index is 0.0710. The highest BCUT2D eigenvalue weighted by Gasteiger charge is 2.37. The highest BCUT2D eigenvalue weighted by Crippen LogP contribution is 2.53. The average molecular weight is 1040 g/mol. The molecule has 8 nitrogen and oxygen atoms in total. The van der Waals surface area contributed by atoms with Gasteiger partial charge in [0.2, 0.25) is 0 Å². The Morgan fingerprint density at radius 1 is 0.287 bits per heavy atom. The second kappa shape index (κ2) is 17.2. The van der Waals surface area contributed by atoms with Gasteiger partial charge in [-0.1, -0.05) is 161 Å². The number of hydrogen-bond acceptors (Lipinski definition) is 6. The molecule has 0 fully saturated rings. The molecule has 0 amide bonds. The monoisotopic (exact) mass is 1030 g/mol. The summed E-state index contributed by atoms with van der Waals surface area (Å²) < 4.78 is 2.27. The molecule has 0 bridgehead atoms. The van der Waals surface area contributed by atoms with E-state index in [0.717, 1.165) is 64.8 Å². The molecular formula is C72H50N4O4. The van der Waals surface area contributed by atoms with E-state index in [1.165, 1.54) is 56.6 Å². The number of hydrogen-bond donors (Lipinski definition) is 0. The van der Waals surface area contributed by atoms with Gasteiger partial charge < -0.3 is 9.80 Å². The van der Waals surface area contributed by atoms with E-state index in [2.05, 4.69) is 183 Å². The van der Waals surface area contributed by atoms with E-state index in [-0.39, 0.29) is 32.4 Å². The second-order valence-corrected chi connectivity index (χ2v) is 22.3. The summed E-state index contributed by atoms with van der Waals surface area (Å²) in [6.07, 6.45) is 0. The number of anilines is 6. The van der Waals surface area contributed by atoms with E-state index in [9.17, 15) is 19.2 Å². The summed E-state index contributed by atoms with van der Waals surface area (Å²) in [4.78, 5) is 62.3. The SMILES string of the molecule is CC1(C)c2ccccc2-c2ccc(N(c3ccc(-n4c(=O)c5cc6c(=O)n(-c7ccc(N(c8ccc9c(c8)C(C)(C)c8ccccc8-9)c8cccc9ccccc89)cc7)c(=O)c6cc5c4=O)cc3)c3cccc4ccccc34)cc21. The first-order chi connectivity index (χ1) is 38.9. The van der Waals surface area contributed by atoms with Crippen LogP contribution in [-0.2, 0) is 10.8 Å². The van der Waals surface area contributed by atoms with Gasteiger partial charge in [-0.05, 0) is 152 Å². The van der Waals surface area contributed by atoms with E-state index in [4.69, 9.17) is 0 Å². The molecule has 2 aliphatic carbocycles. The lowest BCUT2D eigenvalue weighted by Gasteiger charge is -2.29. The van der Waals surface area contributed by atoms with E-state index in [1.807, 2.05) is 48.5 Å². The van der Waals surface area contributed by atoms with Crippen LogP contribution in [-0.4, -0.2) is 9.13 Å². The van der Waals surface area contributed by atoms with Gasteiger partial charge in [0.15, 0.2) is 0 Å². The van der Waals surface area contributed by atoms with Crippen LogP contribution in [0, 0.1) is 0 Å². The maximum atomic E-state index is 14.5. The molecular weight excluding hydrogens is 985 g/mol. The van der Waals surface area contributed by atoms with E-state index < -0.39 is 22.2 Å². The van der Waals surface area contributed by atoms with Crippen molar-refractivity contribution >= 4 is 77.2 Å². The second-order valence-electron chi connectivity index (χ2n) is 22.3. The van der Waals surface area contributed by atoms with Crippen LogP contribution in [0.5, 0.6) is 0 Å². The van der Waals surface area contributed by atoms with Crippen LogP contribution >= 0.6 is 0 Å². The van der Waals surface area contributed by atoms with Crippen LogP contribution < -0.4 is 32.0 Å². The van der Waals surface area contributed by atoms with Crippen LogP contribution in [0.25, 0.3) is 76.7 Å². The topological polar surface area (TPSA) is 84.6 Å². The van der Waals surface area contributed by atoms with E-state index >= 15 is 0 Å². The summed E-state index contributed by atoms with van der Waals surface area (Å²) in [5, 5.41) is 4.62. The third kappa shape index (κ3) is 6.75. The van der Waals surface area contributed by atoms with E-state index in [0.29, 0.717) is 11.4 Å². The molecule has 2 aromatic heterocycles. The molecule has 11 aromatic carbocycles. The molecule has 0 unspecified atom stereocenters. The third-order valence-corrected chi connectivity index (χ3v) is 17.3. The summed E-state index contributed by atoms with van der Waals surface area (Å²) >= 11 is 0. The highest BCUT2D eigenvalue weighted by atomic mass is 16.2. The summed E-state index contributed by atoms with van der Waals surface area (Å²) in [6, 6.07) is 77.3. The van der Waals surface area contributed by atoms with Crippen molar-refractivity contribution in [2.24, 2.45) is 0 Å². The first-order valence-electron chi connectivity index (χ1n) is 27.1. The van der Waals surface area contributed by atoms with Gasteiger partial charge in [0.05, 0.1) is 44.3 Å². The summed E-state index contributed by atoms with van der Waals surface area (Å²) in [7, 11) is 0. The van der Waals surface area contributed by atoms with Gasteiger partial charge >= 0.3 is 0 Å². The quantitative estimate of drug-likeness (QED) is 0.151. The van der Waals surface area contributed by atoms with Gasteiger partial charge in [-0.15, -0.1) is 0 Å². The maximum Gasteiger partial charge on any atom is 0.266 e. The lowest BCUT2D eigenvalue weighted by molar-refractivity contribution is 0.660. The van der Waals surface area contributed by atoms with Crippen LogP contribution in [0.2, 0.25) is 0 Å². The van der Waals surface area contributed by atoms with Crippen molar-refractivity contribution in [1.29, 1.82) is 0 Å². The first kappa shape index (κ1) is 47.1. The summed E-state index contributed by atoms with van der Waals surface area (Å²) in [5.41, 5.74) is 13.5. The zero-order valence-electron chi connectivity index (χ0n) is 44.4. The fraction of sp³-hybridized carbons (Fsp3) is 0.0833. The molecule has 0 aliphatic heterocycles. The molecule has 15 rings (SSSR count). The summed E-state index contributed by atoms with van der Waals surface area (Å²) in [6.45, 7) is 9.08. The Balaban J connectivity index is 0.794. The Bertz CT molecular complexity index is 4600. The Morgan fingerprint density at radius 2 is 0.613 bits per heavy atom. The van der Waals surface area contributed by atoms with Gasteiger partial charge in [-0.25, -0.2) is 9.13 Å². The summed E-state index contributed by atoms with van der Waals surface area (Å²) in [5.74, 6) is 0. The zero-order valence-corrected chi connectivity index (χ0v) is 44.4. The van der Waals surface area contributed by atoms with Crippen molar-refractivity contribution in [3.8, 4) is 33.6 Å². The van der Waals surface area contributed by atoms with Crippen molar-refractivity contribution < 1.29 is 0 Å². The fourth-order valence-corrected chi connectivity index (χ4v) is 13.3. The number of rotatable bonds is 8. The van der Waals surface area contributed by atoms with Crippen molar-refractivity contribution in [3.63, 3.8) is 0 Å². The molecule has 0 N–H and O–H groups in total. The first-order valence-corrected chi connectivity index (χ1v) is 27.1. The maximum absolute atomic E-state index is 14.5.